The van der Waals surface area contributed by atoms with Crippen LogP contribution in [0.5, 0.6) is 0 Å². The first kappa shape index (κ1) is 26.7. The number of halogens is 1. The highest BCUT2D eigenvalue weighted by Gasteiger charge is 2.33. The molecule has 0 unspecified atom stereocenters. The number of nitrogens with zero attached hydrogens (tertiary/aromatic N) is 3. The van der Waals surface area contributed by atoms with E-state index < -0.39 is 10.0 Å². The normalized spacial score (nSPS) is 18.7. The van der Waals surface area contributed by atoms with Crippen LogP contribution in [-0.2, 0) is 21.4 Å². The van der Waals surface area contributed by atoms with Crippen molar-refractivity contribution in [2.75, 3.05) is 31.9 Å². The van der Waals surface area contributed by atoms with Crippen molar-refractivity contribution in [1.82, 2.24) is 14.1 Å². The molecule has 0 aliphatic carbocycles. The second-order valence-electron chi connectivity index (χ2n) is 9.44. The van der Waals surface area contributed by atoms with E-state index in [0.29, 0.717) is 36.0 Å². The van der Waals surface area contributed by atoms with Crippen LogP contribution in [0.3, 0.4) is 0 Å². The van der Waals surface area contributed by atoms with E-state index in [-0.39, 0.29) is 35.2 Å². The van der Waals surface area contributed by atoms with Crippen LogP contribution in [0.2, 0.25) is 5.02 Å². The number of aryl methyl sites for hydroxylation is 1. The van der Waals surface area contributed by atoms with Gasteiger partial charge in [-0.25, -0.2) is 8.42 Å². The van der Waals surface area contributed by atoms with Gasteiger partial charge in [0.1, 0.15) is 5.37 Å². The molecule has 2 aliphatic rings. The number of sulfonamides is 1. The van der Waals surface area contributed by atoms with Crippen LogP contribution in [0.25, 0.3) is 0 Å². The Morgan fingerprint density at radius 1 is 0.921 bits per heavy atom. The summed E-state index contributed by atoms with van der Waals surface area (Å²) in [6, 6.07) is 21.7. The Morgan fingerprint density at radius 3 is 2.18 bits per heavy atom. The molecule has 1 atom stereocenters. The van der Waals surface area contributed by atoms with Crippen molar-refractivity contribution in [2.24, 2.45) is 0 Å². The van der Waals surface area contributed by atoms with E-state index in [9.17, 15) is 18.0 Å². The van der Waals surface area contributed by atoms with Crippen molar-refractivity contribution in [3.63, 3.8) is 0 Å². The van der Waals surface area contributed by atoms with Gasteiger partial charge >= 0.3 is 0 Å². The molecule has 2 aliphatic heterocycles. The summed E-state index contributed by atoms with van der Waals surface area (Å²) in [5.41, 5.74) is 3.51. The Labute approximate surface area is 232 Å². The minimum absolute atomic E-state index is 0.0774. The van der Waals surface area contributed by atoms with Crippen molar-refractivity contribution < 1.29 is 18.0 Å². The standard InChI is InChI=1S/C28H28ClN3O4S2/c1-20-2-12-25(13-3-20)38(35,36)31-16-14-30(15-17-31)27(34)22-6-8-23(9-7-22)28-32(26(33)19-37-28)18-21-4-10-24(29)11-5-21/h2-13,28H,14-19H2,1H3/t28-/m1/s1. The predicted octanol–water partition coefficient (Wildman–Crippen LogP) is 4.57. The van der Waals surface area contributed by atoms with Crippen LogP contribution in [-0.4, -0.2) is 66.3 Å². The number of hydrogen-bond acceptors (Lipinski definition) is 5. The summed E-state index contributed by atoms with van der Waals surface area (Å²) in [5, 5.41) is 0.528. The smallest absolute Gasteiger partial charge is 0.253 e. The first-order valence-electron chi connectivity index (χ1n) is 12.3. The van der Waals surface area contributed by atoms with Crippen LogP contribution in [0.1, 0.15) is 32.4 Å². The van der Waals surface area contributed by atoms with Gasteiger partial charge in [-0.05, 0) is 54.4 Å². The fourth-order valence-electron chi connectivity index (χ4n) is 4.65. The molecular formula is C28H28ClN3O4S2. The average Bonchev–Trinajstić information content (AvgIpc) is 3.29. The zero-order chi connectivity index (χ0) is 26.9. The molecule has 198 valence electrons. The van der Waals surface area contributed by atoms with E-state index in [2.05, 4.69) is 0 Å². The number of hydrogen-bond donors (Lipinski definition) is 0. The molecule has 0 saturated carbocycles. The van der Waals surface area contributed by atoms with Gasteiger partial charge in [-0.3, -0.25) is 9.59 Å². The van der Waals surface area contributed by atoms with Gasteiger partial charge in [0, 0.05) is 43.3 Å². The molecule has 3 aromatic rings. The molecule has 10 heteroatoms. The lowest BCUT2D eigenvalue weighted by Gasteiger charge is -2.34. The van der Waals surface area contributed by atoms with E-state index in [1.54, 1.807) is 53.1 Å². The summed E-state index contributed by atoms with van der Waals surface area (Å²) in [7, 11) is -3.59. The third kappa shape index (κ3) is 5.61. The van der Waals surface area contributed by atoms with Gasteiger partial charge in [0.05, 0.1) is 10.6 Å². The molecule has 2 saturated heterocycles. The first-order chi connectivity index (χ1) is 18.2. The largest absolute Gasteiger partial charge is 0.336 e. The quantitative estimate of drug-likeness (QED) is 0.435. The van der Waals surface area contributed by atoms with Crippen LogP contribution >= 0.6 is 23.4 Å². The molecule has 0 radical (unpaired) electrons. The van der Waals surface area contributed by atoms with Gasteiger partial charge in [-0.2, -0.15) is 4.31 Å². The molecule has 5 rings (SSSR count). The lowest BCUT2D eigenvalue weighted by molar-refractivity contribution is -0.128. The maximum atomic E-state index is 13.2. The summed E-state index contributed by atoms with van der Waals surface area (Å²) in [6.07, 6.45) is 0. The monoisotopic (exact) mass is 569 g/mol. The van der Waals surface area contributed by atoms with E-state index in [1.165, 1.54) is 4.31 Å². The zero-order valence-electron chi connectivity index (χ0n) is 20.9. The first-order valence-corrected chi connectivity index (χ1v) is 15.2. The SMILES string of the molecule is Cc1ccc(S(=O)(=O)N2CCN(C(=O)c3ccc([C@H]4SCC(=O)N4Cc4ccc(Cl)cc4)cc3)CC2)cc1. The number of rotatable bonds is 6. The molecule has 2 heterocycles. The highest BCUT2D eigenvalue weighted by Crippen LogP contribution is 2.39. The number of thioether (sulfide) groups is 1. The third-order valence-electron chi connectivity index (χ3n) is 6.86. The van der Waals surface area contributed by atoms with Crippen LogP contribution in [0, 0.1) is 6.92 Å². The van der Waals surface area contributed by atoms with Crippen molar-refractivity contribution in [2.45, 2.75) is 23.7 Å². The Morgan fingerprint density at radius 2 is 1.55 bits per heavy atom. The maximum Gasteiger partial charge on any atom is 0.253 e. The molecule has 7 nitrogen and oxygen atoms in total. The number of benzene rings is 3. The molecule has 3 aromatic carbocycles. The van der Waals surface area contributed by atoms with Crippen molar-refractivity contribution >= 4 is 45.2 Å². The van der Waals surface area contributed by atoms with Gasteiger partial charge in [-0.1, -0.05) is 53.6 Å². The van der Waals surface area contributed by atoms with E-state index >= 15 is 0 Å². The molecule has 2 amide bonds. The second-order valence-corrected chi connectivity index (χ2v) is 12.9. The van der Waals surface area contributed by atoms with E-state index in [0.717, 1.165) is 16.7 Å². The van der Waals surface area contributed by atoms with Crippen molar-refractivity contribution in [3.05, 3.63) is 100 Å². The fraction of sp³-hybridized carbons (Fsp3) is 0.286. The highest BCUT2D eigenvalue weighted by molar-refractivity contribution is 8.00. The van der Waals surface area contributed by atoms with Crippen molar-refractivity contribution in [1.29, 1.82) is 0 Å². The van der Waals surface area contributed by atoms with Gasteiger partial charge < -0.3 is 9.80 Å². The van der Waals surface area contributed by atoms with Gasteiger partial charge in [0.15, 0.2) is 0 Å². The zero-order valence-corrected chi connectivity index (χ0v) is 23.3. The van der Waals surface area contributed by atoms with Crippen LogP contribution in [0.15, 0.2) is 77.7 Å². The average molecular weight is 570 g/mol. The Balaban J connectivity index is 1.22. The van der Waals surface area contributed by atoms with Crippen molar-refractivity contribution in [3.8, 4) is 0 Å². The van der Waals surface area contributed by atoms with Gasteiger partial charge in [-0.15, -0.1) is 11.8 Å². The number of piperazine rings is 1. The molecule has 38 heavy (non-hydrogen) atoms. The summed E-state index contributed by atoms with van der Waals surface area (Å²) in [6.45, 7) is 3.56. The summed E-state index contributed by atoms with van der Waals surface area (Å²) in [4.78, 5) is 29.6. The summed E-state index contributed by atoms with van der Waals surface area (Å²) >= 11 is 7.56. The molecule has 0 bridgehead atoms. The Kier molecular flexibility index (Phi) is 7.81. The number of carbonyl (C=O) groups excluding carboxylic acids is 2. The van der Waals surface area contributed by atoms with E-state index in [4.69, 9.17) is 11.6 Å². The fourth-order valence-corrected chi connectivity index (χ4v) is 7.39. The minimum atomic E-state index is -3.59. The Hall–Kier alpha value is -2.85. The molecular weight excluding hydrogens is 542 g/mol. The third-order valence-corrected chi connectivity index (χ3v) is 10.3. The van der Waals surface area contributed by atoms with Crippen LogP contribution in [0.4, 0.5) is 0 Å². The highest BCUT2D eigenvalue weighted by atomic mass is 35.5. The molecule has 0 spiro atoms. The minimum Gasteiger partial charge on any atom is -0.336 e. The van der Waals surface area contributed by atoms with E-state index in [1.807, 2.05) is 48.2 Å². The number of amides is 2. The lowest BCUT2D eigenvalue weighted by Crippen LogP contribution is -2.50. The topological polar surface area (TPSA) is 78.0 Å². The second kappa shape index (κ2) is 11.1. The number of carbonyl (C=O) groups is 2. The summed E-state index contributed by atoms with van der Waals surface area (Å²) < 4.78 is 27.4. The summed E-state index contributed by atoms with van der Waals surface area (Å²) in [5.74, 6) is 0.361. The van der Waals surface area contributed by atoms with Gasteiger partial charge in [0.2, 0.25) is 15.9 Å². The molecule has 0 N–H and O–H groups in total. The maximum absolute atomic E-state index is 13.2. The molecule has 2 fully saturated rings. The van der Waals surface area contributed by atoms with Crippen LogP contribution < -0.4 is 0 Å². The predicted molar refractivity (Wildman–Crippen MR) is 149 cm³/mol. The lowest BCUT2D eigenvalue weighted by atomic mass is 10.1. The van der Waals surface area contributed by atoms with Gasteiger partial charge in [0.25, 0.3) is 5.91 Å². The molecule has 0 aromatic heterocycles. The Bertz CT molecular complexity index is 1420.